The maximum Gasteiger partial charge on any atom is 0.202 e. The Morgan fingerprint density at radius 3 is 3.00 bits per heavy atom. The van der Waals surface area contributed by atoms with Crippen LogP contribution in [0.3, 0.4) is 0 Å². The summed E-state index contributed by atoms with van der Waals surface area (Å²) in [5.41, 5.74) is 0.843. The second kappa shape index (κ2) is 3.36. The van der Waals surface area contributed by atoms with Gasteiger partial charge in [0.15, 0.2) is 0 Å². The molecule has 0 amide bonds. The summed E-state index contributed by atoms with van der Waals surface area (Å²) in [6.45, 7) is 0. The van der Waals surface area contributed by atoms with Crippen LogP contribution in [0.25, 0.3) is 0 Å². The number of aliphatic hydroxyl groups excluding tert-OH is 1. The molecule has 0 saturated heterocycles. The number of methoxy groups -OCH3 is 1. The SMILES string of the molecule is COC1CC(O)c2ccccc2O1. The van der Waals surface area contributed by atoms with Crippen molar-refractivity contribution in [3.05, 3.63) is 29.8 Å². The largest absolute Gasteiger partial charge is 0.464 e. The summed E-state index contributed by atoms with van der Waals surface area (Å²) in [6.07, 6.45) is -0.312. The highest BCUT2D eigenvalue weighted by Crippen LogP contribution is 2.34. The molecule has 1 heterocycles. The molecule has 1 aromatic rings. The first-order chi connectivity index (χ1) is 6.31. The van der Waals surface area contributed by atoms with E-state index in [1.54, 1.807) is 7.11 Å². The highest BCUT2D eigenvalue weighted by atomic mass is 16.7. The van der Waals surface area contributed by atoms with E-state index >= 15 is 0 Å². The van der Waals surface area contributed by atoms with E-state index in [1.807, 2.05) is 24.3 Å². The van der Waals surface area contributed by atoms with E-state index in [0.717, 1.165) is 5.56 Å². The van der Waals surface area contributed by atoms with Gasteiger partial charge in [-0.3, -0.25) is 0 Å². The van der Waals surface area contributed by atoms with Gasteiger partial charge in [0.25, 0.3) is 0 Å². The Morgan fingerprint density at radius 2 is 2.23 bits per heavy atom. The quantitative estimate of drug-likeness (QED) is 0.711. The molecule has 70 valence electrons. The monoisotopic (exact) mass is 180 g/mol. The average Bonchev–Trinajstić information content (AvgIpc) is 2.18. The predicted molar refractivity (Wildman–Crippen MR) is 47.4 cm³/mol. The Hall–Kier alpha value is -1.06. The van der Waals surface area contributed by atoms with Gasteiger partial charge in [0, 0.05) is 19.1 Å². The molecular weight excluding hydrogens is 168 g/mol. The molecule has 1 aromatic carbocycles. The van der Waals surface area contributed by atoms with Crippen LogP contribution in [0.15, 0.2) is 24.3 Å². The van der Waals surface area contributed by atoms with Gasteiger partial charge in [0.1, 0.15) is 5.75 Å². The van der Waals surface area contributed by atoms with E-state index in [0.29, 0.717) is 12.2 Å². The molecule has 0 saturated carbocycles. The maximum absolute atomic E-state index is 9.70. The van der Waals surface area contributed by atoms with Crippen molar-refractivity contribution >= 4 is 0 Å². The van der Waals surface area contributed by atoms with Crippen molar-refractivity contribution in [1.29, 1.82) is 0 Å². The van der Waals surface area contributed by atoms with E-state index < -0.39 is 6.10 Å². The number of para-hydroxylation sites is 1. The van der Waals surface area contributed by atoms with Crippen molar-refractivity contribution in [2.24, 2.45) is 0 Å². The normalized spacial score (nSPS) is 26.3. The van der Waals surface area contributed by atoms with Crippen LogP contribution in [0.4, 0.5) is 0 Å². The highest BCUT2D eigenvalue weighted by Gasteiger charge is 2.25. The first-order valence-electron chi connectivity index (χ1n) is 4.27. The minimum Gasteiger partial charge on any atom is -0.464 e. The zero-order chi connectivity index (χ0) is 9.26. The Morgan fingerprint density at radius 1 is 1.46 bits per heavy atom. The molecular formula is C10H12O3. The number of rotatable bonds is 1. The molecule has 0 spiro atoms. The van der Waals surface area contributed by atoms with Crippen molar-refractivity contribution in [1.82, 2.24) is 0 Å². The first kappa shape index (κ1) is 8.53. The molecule has 3 nitrogen and oxygen atoms in total. The Bertz CT molecular complexity index is 298. The molecule has 2 rings (SSSR count). The standard InChI is InChI=1S/C10H12O3/c1-12-10-6-8(11)7-4-2-3-5-9(7)13-10/h2-5,8,10-11H,6H2,1H3. The topological polar surface area (TPSA) is 38.7 Å². The van der Waals surface area contributed by atoms with Crippen molar-refractivity contribution in [3.63, 3.8) is 0 Å². The van der Waals surface area contributed by atoms with Crippen molar-refractivity contribution in [2.75, 3.05) is 7.11 Å². The van der Waals surface area contributed by atoms with E-state index in [9.17, 15) is 5.11 Å². The van der Waals surface area contributed by atoms with E-state index in [-0.39, 0.29) is 6.29 Å². The van der Waals surface area contributed by atoms with Gasteiger partial charge >= 0.3 is 0 Å². The van der Waals surface area contributed by atoms with Crippen LogP contribution in [-0.4, -0.2) is 18.5 Å². The Balaban J connectivity index is 2.31. The average molecular weight is 180 g/mol. The van der Waals surface area contributed by atoms with Crippen LogP contribution >= 0.6 is 0 Å². The first-order valence-corrected chi connectivity index (χ1v) is 4.27. The van der Waals surface area contributed by atoms with E-state index in [1.165, 1.54) is 0 Å². The molecule has 1 N–H and O–H groups in total. The summed E-state index contributed by atoms with van der Waals surface area (Å²) in [7, 11) is 1.57. The van der Waals surface area contributed by atoms with Crippen LogP contribution in [0, 0.1) is 0 Å². The third-order valence-electron chi connectivity index (χ3n) is 2.22. The molecule has 0 fully saturated rings. The smallest absolute Gasteiger partial charge is 0.202 e. The third kappa shape index (κ3) is 1.53. The summed E-state index contributed by atoms with van der Waals surface area (Å²) >= 11 is 0. The lowest BCUT2D eigenvalue weighted by Gasteiger charge is -2.28. The molecule has 13 heavy (non-hydrogen) atoms. The Kier molecular flexibility index (Phi) is 2.20. The number of ether oxygens (including phenoxy) is 2. The number of hydrogen-bond acceptors (Lipinski definition) is 3. The predicted octanol–water partition coefficient (Wildman–Crippen LogP) is 1.48. The number of benzene rings is 1. The molecule has 0 aromatic heterocycles. The summed E-state index contributed by atoms with van der Waals surface area (Å²) in [4.78, 5) is 0. The van der Waals surface area contributed by atoms with Crippen LogP contribution in [0.1, 0.15) is 18.1 Å². The molecule has 0 radical (unpaired) electrons. The van der Waals surface area contributed by atoms with Crippen LogP contribution in [0.5, 0.6) is 5.75 Å². The molecule has 2 unspecified atom stereocenters. The number of aliphatic hydroxyl groups is 1. The van der Waals surface area contributed by atoms with Gasteiger partial charge in [-0.05, 0) is 6.07 Å². The van der Waals surface area contributed by atoms with Crippen molar-refractivity contribution in [2.45, 2.75) is 18.8 Å². The lowest BCUT2D eigenvalue weighted by atomic mass is 10.0. The maximum atomic E-state index is 9.70. The van der Waals surface area contributed by atoms with Gasteiger partial charge in [0.05, 0.1) is 6.10 Å². The van der Waals surface area contributed by atoms with Gasteiger partial charge in [-0.2, -0.15) is 0 Å². The summed E-state index contributed by atoms with van der Waals surface area (Å²) in [6, 6.07) is 7.47. The highest BCUT2D eigenvalue weighted by molar-refractivity contribution is 5.36. The lowest BCUT2D eigenvalue weighted by Crippen LogP contribution is -2.26. The van der Waals surface area contributed by atoms with E-state index in [4.69, 9.17) is 9.47 Å². The molecule has 1 aliphatic heterocycles. The van der Waals surface area contributed by atoms with Gasteiger partial charge in [-0.1, -0.05) is 18.2 Å². The molecule has 0 bridgehead atoms. The van der Waals surface area contributed by atoms with Gasteiger partial charge in [-0.15, -0.1) is 0 Å². The minimum absolute atomic E-state index is 0.329. The fraction of sp³-hybridized carbons (Fsp3) is 0.400. The summed E-state index contributed by atoms with van der Waals surface area (Å²) in [5.74, 6) is 0.716. The molecule has 2 atom stereocenters. The minimum atomic E-state index is -0.477. The second-order valence-electron chi connectivity index (χ2n) is 3.07. The number of hydrogen-bond donors (Lipinski definition) is 1. The van der Waals surface area contributed by atoms with Crippen LogP contribution in [0.2, 0.25) is 0 Å². The third-order valence-corrected chi connectivity index (χ3v) is 2.22. The zero-order valence-corrected chi connectivity index (χ0v) is 7.43. The molecule has 0 aliphatic carbocycles. The fourth-order valence-corrected chi connectivity index (χ4v) is 1.51. The lowest BCUT2D eigenvalue weighted by molar-refractivity contribution is -0.0941. The fourth-order valence-electron chi connectivity index (χ4n) is 1.51. The second-order valence-corrected chi connectivity index (χ2v) is 3.07. The zero-order valence-electron chi connectivity index (χ0n) is 7.43. The van der Waals surface area contributed by atoms with Crippen molar-refractivity contribution in [3.8, 4) is 5.75 Å². The Labute approximate surface area is 76.9 Å². The van der Waals surface area contributed by atoms with Gasteiger partial charge < -0.3 is 14.6 Å². The van der Waals surface area contributed by atoms with Crippen LogP contribution in [-0.2, 0) is 4.74 Å². The van der Waals surface area contributed by atoms with Gasteiger partial charge in [-0.25, -0.2) is 0 Å². The number of fused-ring (bicyclic) bond motifs is 1. The summed E-state index contributed by atoms with van der Waals surface area (Å²) < 4.78 is 10.5. The molecule has 3 heteroatoms. The van der Waals surface area contributed by atoms with Crippen molar-refractivity contribution < 1.29 is 14.6 Å². The summed E-state index contributed by atoms with van der Waals surface area (Å²) in [5, 5.41) is 9.70. The van der Waals surface area contributed by atoms with Gasteiger partial charge in [0.2, 0.25) is 6.29 Å². The van der Waals surface area contributed by atoms with E-state index in [2.05, 4.69) is 0 Å². The van der Waals surface area contributed by atoms with Crippen LogP contribution < -0.4 is 4.74 Å². The molecule has 1 aliphatic rings.